The van der Waals surface area contributed by atoms with Gasteiger partial charge >= 0.3 is 19.8 Å². The Morgan fingerprint density at radius 1 is 0.591 bits per heavy atom. The van der Waals surface area contributed by atoms with Crippen molar-refractivity contribution in [2.75, 3.05) is 13.2 Å². The Kier molecular flexibility index (Phi) is 30.0. The van der Waals surface area contributed by atoms with Crippen LogP contribution in [0.5, 0.6) is 0 Å². The highest BCUT2D eigenvalue weighted by Crippen LogP contribution is 2.35. The van der Waals surface area contributed by atoms with Crippen LogP contribution in [0.1, 0.15) is 155 Å². The fourth-order valence-electron chi connectivity index (χ4n) is 4.52. The summed E-state index contributed by atoms with van der Waals surface area (Å²) in [7, 11) is -4.75. The van der Waals surface area contributed by atoms with Gasteiger partial charge in [-0.1, -0.05) is 115 Å². The molecule has 0 rings (SSSR count). The van der Waals surface area contributed by atoms with E-state index in [-0.39, 0.29) is 19.4 Å². The average molecular weight is 643 g/mol. The predicted molar refractivity (Wildman–Crippen MR) is 179 cm³/mol. The van der Waals surface area contributed by atoms with E-state index in [0.717, 1.165) is 77.0 Å². The summed E-state index contributed by atoms with van der Waals surface area (Å²) in [6.45, 7) is 3.56. The number of hydrogen-bond donors (Lipinski definition) is 2. The molecule has 0 saturated heterocycles. The van der Waals surface area contributed by atoms with Crippen LogP contribution in [-0.2, 0) is 28.2 Å². The molecule has 0 aliphatic heterocycles. The van der Waals surface area contributed by atoms with Gasteiger partial charge in [-0.3, -0.25) is 14.1 Å². The summed E-state index contributed by atoms with van der Waals surface area (Å²) in [5.41, 5.74) is 0. The summed E-state index contributed by atoms with van der Waals surface area (Å²) in [5.74, 6) is -0.917. The lowest BCUT2D eigenvalue weighted by atomic mass is 10.1. The Bertz CT molecular complexity index is 818. The van der Waals surface area contributed by atoms with Crippen LogP contribution in [0.3, 0.4) is 0 Å². The second kappa shape index (κ2) is 31.3. The third-order valence-corrected chi connectivity index (χ3v) is 7.60. The average Bonchev–Trinajstić information content (AvgIpc) is 2.98. The molecule has 8 nitrogen and oxygen atoms in total. The largest absolute Gasteiger partial charge is 0.469 e. The summed E-state index contributed by atoms with van der Waals surface area (Å²) in [5, 5.41) is 0. The second-order valence-electron chi connectivity index (χ2n) is 11.5. The molecule has 0 saturated carbocycles. The molecule has 0 heterocycles. The van der Waals surface area contributed by atoms with Crippen LogP contribution in [0.4, 0.5) is 0 Å². The van der Waals surface area contributed by atoms with Crippen LogP contribution >= 0.6 is 7.82 Å². The smallest absolute Gasteiger partial charge is 0.462 e. The number of unbranched alkanes of at least 4 members (excludes halogenated alkanes) is 15. The summed E-state index contributed by atoms with van der Waals surface area (Å²) in [6.07, 6.45) is 34.4. The number of phosphoric ester groups is 1. The van der Waals surface area contributed by atoms with Gasteiger partial charge < -0.3 is 19.3 Å². The van der Waals surface area contributed by atoms with Crippen molar-refractivity contribution in [3.63, 3.8) is 0 Å². The van der Waals surface area contributed by atoms with Crippen molar-refractivity contribution in [3.05, 3.63) is 36.5 Å². The highest BCUT2D eigenvalue weighted by atomic mass is 31.2. The minimum atomic E-state index is -4.75. The lowest BCUT2D eigenvalue weighted by molar-refractivity contribution is -0.161. The number of carbonyl (C=O) groups is 2. The molecule has 1 unspecified atom stereocenters. The fraction of sp³-hybridized carbons (Fsp3) is 0.771. The van der Waals surface area contributed by atoms with Gasteiger partial charge in [0.25, 0.3) is 0 Å². The number of esters is 2. The van der Waals surface area contributed by atoms with Gasteiger partial charge in [0.05, 0.1) is 6.61 Å². The minimum Gasteiger partial charge on any atom is -0.462 e. The van der Waals surface area contributed by atoms with Gasteiger partial charge in [0.15, 0.2) is 6.10 Å². The Morgan fingerprint density at radius 3 is 1.61 bits per heavy atom. The van der Waals surface area contributed by atoms with E-state index in [4.69, 9.17) is 19.3 Å². The number of carbonyl (C=O) groups excluding carboxylic acids is 2. The number of allylic oxidation sites excluding steroid dienone is 6. The molecule has 0 aromatic heterocycles. The predicted octanol–water partition coefficient (Wildman–Crippen LogP) is 9.84. The molecule has 1 atom stereocenters. The lowest BCUT2D eigenvalue weighted by Crippen LogP contribution is -2.29. The van der Waals surface area contributed by atoms with Crippen LogP contribution in [0.2, 0.25) is 0 Å². The lowest BCUT2D eigenvalue weighted by Gasteiger charge is -2.18. The van der Waals surface area contributed by atoms with E-state index in [9.17, 15) is 14.2 Å². The van der Waals surface area contributed by atoms with Crippen LogP contribution < -0.4 is 0 Å². The summed E-state index contributed by atoms with van der Waals surface area (Å²) < 4.78 is 26.2. The number of phosphoric acid groups is 1. The van der Waals surface area contributed by atoms with E-state index in [1.165, 1.54) is 38.5 Å². The van der Waals surface area contributed by atoms with Crippen molar-refractivity contribution in [2.45, 2.75) is 161 Å². The molecule has 2 N–H and O–H groups in total. The van der Waals surface area contributed by atoms with Crippen molar-refractivity contribution in [2.24, 2.45) is 0 Å². The van der Waals surface area contributed by atoms with Crippen molar-refractivity contribution in [1.82, 2.24) is 0 Å². The number of ether oxygens (including phenoxy) is 2. The van der Waals surface area contributed by atoms with Gasteiger partial charge in [0.2, 0.25) is 0 Å². The van der Waals surface area contributed by atoms with E-state index in [2.05, 4.69) is 54.8 Å². The van der Waals surface area contributed by atoms with Crippen molar-refractivity contribution < 1.29 is 37.9 Å². The Balaban J connectivity index is 4.04. The third kappa shape index (κ3) is 33.2. The molecule has 0 radical (unpaired) electrons. The highest BCUT2D eigenvalue weighted by molar-refractivity contribution is 7.46. The molecule has 0 aromatic carbocycles. The second-order valence-corrected chi connectivity index (χ2v) is 12.7. The van der Waals surface area contributed by atoms with Crippen LogP contribution in [0.15, 0.2) is 36.5 Å². The van der Waals surface area contributed by atoms with Crippen molar-refractivity contribution in [3.8, 4) is 0 Å². The summed E-state index contributed by atoms with van der Waals surface area (Å²) in [6, 6.07) is 0. The van der Waals surface area contributed by atoms with Gasteiger partial charge in [-0.05, 0) is 64.2 Å². The molecular formula is C35H63O8P. The van der Waals surface area contributed by atoms with Crippen LogP contribution in [0, 0.1) is 0 Å². The van der Waals surface area contributed by atoms with E-state index in [1.54, 1.807) is 0 Å². The molecule has 0 spiro atoms. The molecule has 0 bridgehead atoms. The Labute approximate surface area is 268 Å². The van der Waals surface area contributed by atoms with E-state index >= 15 is 0 Å². The van der Waals surface area contributed by atoms with Gasteiger partial charge in [0, 0.05) is 12.8 Å². The molecule has 9 heteroatoms. The van der Waals surface area contributed by atoms with Gasteiger partial charge in [-0.25, -0.2) is 4.57 Å². The molecule has 0 amide bonds. The molecule has 0 aliphatic carbocycles. The first kappa shape index (κ1) is 42.3. The monoisotopic (exact) mass is 642 g/mol. The first-order chi connectivity index (χ1) is 21.3. The van der Waals surface area contributed by atoms with Gasteiger partial charge in [-0.2, -0.15) is 0 Å². The summed E-state index contributed by atoms with van der Waals surface area (Å²) in [4.78, 5) is 42.5. The first-order valence-electron chi connectivity index (χ1n) is 17.3. The fourth-order valence-corrected chi connectivity index (χ4v) is 4.88. The molecule has 0 aliphatic rings. The molecule has 0 fully saturated rings. The first-order valence-corrected chi connectivity index (χ1v) is 18.8. The van der Waals surface area contributed by atoms with Crippen molar-refractivity contribution in [1.29, 1.82) is 0 Å². The zero-order chi connectivity index (χ0) is 32.6. The topological polar surface area (TPSA) is 119 Å². The van der Waals surface area contributed by atoms with Crippen molar-refractivity contribution >= 4 is 19.8 Å². The molecular weight excluding hydrogens is 579 g/mol. The SMILES string of the molecule is CCC/C=C\CCCCCCCC(=O)OCC(COP(=O)(O)O)OC(=O)CCCCCCC/C=C\C/C=C\CCCCCC. The Morgan fingerprint density at radius 2 is 1.07 bits per heavy atom. The van der Waals surface area contributed by atoms with Crippen LogP contribution in [0.25, 0.3) is 0 Å². The quantitative estimate of drug-likeness (QED) is 0.0332. The normalized spacial score (nSPS) is 12.9. The van der Waals surface area contributed by atoms with E-state index < -0.39 is 32.5 Å². The van der Waals surface area contributed by atoms with E-state index in [1.807, 2.05) is 0 Å². The molecule has 0 aromatic rings. The summed E-state index contributed by atoms with van der Waals surface area (Å²) >= 11 is 0. The number of hydrogen-bond acceptors (Lipinski definition) is 6. The van der Waals surface area contributed by atoms with E-state index in [0.29, 0.717) is 12.8 Å². The minimum absolute atomic E-state index is 0.194. The number of rotatable bonds is 31. The third-order valence-electron chi connectivity index (χ3n) is 7.11. The zero-order valence-corrected chi connectivity index (χ0v) is 28.7. The Hall–Kier alpha value is -1.73. The zero-order valence-electron chi connectivity index (χ0n) is 27.8. The molecule has 44 heavy (non-hydrogen) atoms. The van der Waals surface area contributed by atoms with Gasteiger partial charge in [0.1, 0.15) is 6.61 Å². The maximum absolute atomic E-state index is 12.3. The maximum atomic E-state index is 12.3. The van der Waals surface area contributed by atoms with Gasteiger partial charge in [-0.15, -0.1) is 0 Å². The maximum Gasteiger partial charge on any atom is 0.469 e. The van der Waals surface area contributed by atoms with Crippen LogP contribution in [-0.4, -0.2) is 41.0 Å². The highest BCUT2D eigenvalue weighted by Gasteiger charge is 2.22. The molecule has 256 valence electrons. The standard InChI is InChI=1S/C35H63O8P/c1-3-5-7-9-11-13-15-16-17-18-19-20-22-24-26-28-30-35(37)43-33(32-42-44(38,39)40)31-41-34(36)29-27-25-23-21-14-12-10-8-6-4-2/h8,10,13,15,17-18,33H,3-7,9,11-12,14,16,19-32H2,1-2H3,(H2,38,39,40)/b10-8-,15-13-,18-17-.